The van der Waals surface area contributed by atoms with Crippen LogP contribution in [0.1, 0.15) is 17.2 Å². The molecule has 0 fully saturated rings. The Balaban J connectivity index is 2.18. The van der Waals surface area contributed by atoms with E-state index in [-0.39, 0.29) is 6.04 Å². The van der Waals surface area contributed by atoms with Crippen LogP contribution in [0.25, 0.3) is 10.8 Å². The van der Waals surface area contributed by atoms with Crippen LogP contribution in [0, 0.1) is 0 Å². The topological polar surface area (TPSA) is 50.9 Å². The van der Waals surface area contributed by atoms with E-state index in [0.717, 1.165) is 21.9 Å². The number of nitrogens with two attached hydrogens (primary N) is 1. The molecule has 0 aliphatic carbocycles. The van der Waals surface area contributed by atoms with Crippen LogP contribution in [0.15, 0.2) is 54.9 Å². The number of benzene rings is 2. The zero-order valence-corrected chi connectivity index (χ0v) is 12.6. The second-order valence-corrected chi connectivity index (χ2v) is 5.62. The number of rotatable bonds is 3. The lowest BCUT2D eigenvalue weighted by Gasteiger charge is -2.19. The van der Waals surface area contributed by atoms with Crippen molar-refractivity contribution >= 4 is 34.0 Å². The third kappa shape index (κ3) is 2.87. The van der Waals surface area contributed by atoms with Gasteiger partial charge in [0.05, 0.1) is 6.04 Å². The van der Waals surface area contributed by atoms with Crippen molar-refractivity contribution in [2.24, 2.45) is 5.84 Å². The van der Waals surface area contributed by atoms with Gasteiger partial charge in [0.2, 0.25) is 0 Å². The van der Waals surface area contributed by atoms with Crippen molar-refractivity contribution < 1.29 is 0 Å². The highest BCUT2D eigenvalue weighted by Gasteiger charge is 2.16. The summed E-state index contributed by atoms with van der Waals surface area (Å²) in [6, 6.07) is 13.2. The normalized spacial score (nSPS) is 12.5. The molecule has 3 rings (SSSR count). The molecule has 0 aliphatic rings. The Labute approximate surface area is 132 Å². The number of pyridine rings is 1. The fourth-order valence-electron chi connectivity index (χ4n) is 2.50. The maximum Gasteiger partial charge on any atom is 0.0717 e. The molecule has 3 nitrogen and oxygen atoms in total. The third-order valence-electron chi connectivity index (χ3n) is 3.41. The van der Waals surface area contributed by atoms with E-state index < -0.39 is 0 Å². The van der Waals surface area contributed by atoms with Crippen molar-refractivity contribution in [2.75, 3.05) is 0 Å². The average molecular weight is 318 g/mol. The summed E-state index contributed by atoms with van der Waals surface area (Å²) >= 11 is 12.2. The zero-order chi connectivity index (χ0) is 14.8. The van der Waals surface area contributed by atoms with E-state index in [0.29, 0.717) is 10.0 Å². The van der Waals surface area contributed by atoms with Crippen molar-refractivity contribution in [1.82, 2.24) is 10.4 Å². The molecule has 3 aromatic rings. The van der Waals surface area contributed by atoms with Crippen LogP contribution >= 0.6 is 23.2 Å². The summed E-state index contributed by atoms with van der Waals surface area (Å²) in [5.41, 5.74) is 4.77. The number of aromatic nitrogens is 1. The van der Waals surface area contributed by atoms with Crippen LogP contribution in [0.3, 0.4) is 0 Å². The van der Waals surface area contributed by atoms with Crippen molar-refractivity contribution in [1.29, 1.82) is 0 Å². The number of hydrogen-bond donors (Lipinski definition) is 2. The standard InChI is InChI=1S/C16H13Cl2N3/c17-12-6-11(7-13(18)8-12)16(21-19)14-3-1-2-10-4-5-20-9-15(10)14/h1-9,16,21H,19H2. The molecule has 0 bridgehead atoms. The highest BCUT2D eigenvalue weighted by atomic mass is 35.5. The molecule has 0 radical (unpaired) electrons. The number of nitrogens with one attached hydrogen (secondary N) is 1. The Bertz CT molecular complexity index is 764. The summed E-state index contributed by atoms with van der Waals surface area (Å²) in [5, 5.41) is 3.31. The first-order valence-electron chi connectivity index (χ1n) is 6.44. The van der Waals surface area contributed by atoms with Gasteiger partial charge in [0.1, 0.15) is 0 Å². The lowest BCUT2D eigenvalue weighted by atomic mass is 9.95. The molecule has 21 heavy (non-hydrogen) atoms. The summed E-state index contributed by atoms with van der Waals surface area (Å²) in [6.45, 7) is 0. The highest BCUT2D eigenvalue weighted by Crippen LogP contribution is 2.31. The molecule has 0 saturated heterocycles. The van der Waals surface area contributed by atoms with E-state index in [1.165, 1.54) is 0 Å². The van der Waals surface area contributed by atoms with E-state index in [4.69, 9.17) is 29.0 Å². The Hall–Kier alpha value is -1.65. The molecule has 1 atom stereocenters. The van der Waals surface area contributed by atoms with Crippen LogP contribution in [0.4, 0.5) is 0 Å². The van der Waals surface area contributed by atoms with Gasteiger partial charge < -0.3 is 0 Å². The van der Waals surface area contributed by atoms with Crippen molar-refractivity contribution in [3.05, 3.63) is 76.0 Å². The van der Waals surface area contributed by atoms with E-state index in [2.05, 4.69) is 10.4 Å². The number of hydrogen-bond acceptors (Lipinski definition) is 3. The first-order chi connectivity index (χ1) is 10.2. The molecular formula is C16H13Cl2N3. The molecular weight excluding hydrogens is 305 g/mol. The maximum absolute atomic E-state index is 6.09. The summed E-state index contributed by atoms with van der Waals surface area (Å²) in [7, 11) is 0. The summed E-state index contributed by atoms with van der Waals surface area (Å²) < 4.78 is 0. The number of nitrogens with zero attached hydrogens (tertiary/aromatic N) is 1. The van der Waals surface area contributed by atoms with E-state index in [1.807, 2.05) is 42.6 Å². The van der Waals surface area contributed by atoms with Gasteiger partial charge in [0.25, 0.3) is 0 Å². The van der Waals surface area contributed by atoms with Crippen LogP contribution in [0.2, 0.25) is 10.0 Å². The van der Waals surface area contributed by atoms with Gasteiger partial charge in [-0.3, -0.25) is 10.8 Å². The van der Waals surface area contributed by atoms with Crippen molar-refractivity contribution in [2.45, 2.75) is 6.04 Å². The van der Waals surface area contributed by atoms with E-state index >= 15 is 0 Å². The Morgan fingerprint density at radius 1 is 1.05 bits per heavy atom. The molecule has 5 heteroatoms. The predicted molar refractivity (Wildman–Crippen MR) is 87.4 cm³/mol. The van der Waals surface area contributed by atoms with Crippen LogP contribution in [0.5, 0.6) is 0 Å². The van der Waals surface area contributed by atoms with Crippen LogP contribution < -0.4 is 11.3 Å². The predicted octanol–water partition coefficient (Wildman–Crippen LogP) is 4.09. The summed E-state index contributed by atoms with van der Waals surface area (Å²) in [4.78, 5) is 4.20. The lowest BCUT2D eigenvalue weighted by Crippen LogP contribution is -2.29. The molecule has 2 aromatic carbocycles. The fraction of sp³-hybridized carbons (Fsp3) is 0.0625. The molecule has 1 heterocycles. The molecule has 3 N–H and O–H groups in total. The SMILES string of the molecule is NNC(c1cc(Cl)cc(Cl)c1)c1cccc2ccncc12. The number of hydrazine groups is 1. The second-order valence-electron chi connectivity index (χ2n) is 4.75. The maximum atomic E-state index is 6.09. The second kappa shape index (κ2) is 6.00. The van der Waals surface area contributed by atoms with Gasteiger partial charge in [-0.1, -0.05) is 41.4 Å². The number of halogens is 2. The van der Waals surface area contributed by atoms with Gasteiger partial charge in [-0.25, -0.2) is 5.43 Å². The van der Waals surface area contributed by atoms with Crippen LogP contribution in [-0.4, -0.2) is 4.98 Å². The van der Waals surface area contributed by atoms with Crippen LogP contribution in [-0.2, 0) is 0 Å². The van der Waals surface area contributed by atoms with Gasteiger partial charge in [0.15, 0.2) is 0 Å². The monoisotopic (exact) mass is 317 g/mol. The molecule has 1 aromatic heterocycles. The van der Waals surface area contributed by atoms with Crippen molar-refractivity contribution in [3.63, 3.8) is 0 Å². The largest absolute Gasteiger partial charge is 0.271 e. The van der Waals surface area contributed by atoms with E-state index in [9.17, 15) is 0 Å². The minimum absolute atomic E-state index is 0.214. The number of fused-ring (bicyclic) bond motifs is 1. The van der Waals surface area contributed by atoms with E-state index in [1.54, 1.807) is 12.3 Å². The van der Waals surface area contributed by atoms with Gasteiger partial charge in [0, 0.05) is 27.8 Å². The molecule has 0 saturated carbocycles. The molecule has 0 amide bonds. The molecule has 0 spiro atoms. The average Bonchev–Trinajstić information content (AvgIpc) is 2.47. The third-order valence-corrected chi connectivity index (χ3v) is 3.85. The quantitative estimate of drug-likeness (QED) is 0.565. The Morgan fingerprint density at radius 3 is 2.52 bits per heavy atom. The zero-order valence-electron chi connectivity index (χ0n) is 11.1. The minimum atomic E-state index is -0.214. The Morgan fingerprint density at radius 2 is 1.81 bits per heavy atom. The fourth-order valence-corrected chi connectivity index (χ4v) is 3.04. The lowest BCUT2D eigenvalue weighted by molar-refractivity contribution is 0.641. The first-order valence-corrected chi connectivity index (χ1v) is 7.19. The molecule has 0 aliphatic heterocycles. The van der Waals surface area contributed by atoms with Gasteiger partial charge in [-0.2, -0.15) is 0 Å². The summed E-state index contributed by atoms with van der Waals surface area (Å²) in [5.74, 6) is 5.77. The molecule has 1 unspecified atom stereocenters. The smallest absolute Gasteiger partial charge is 0.0717 e. The summed E-state index contributed by atoms with van der Waals surface area (Å²) in [6.07, 6.45) is 3.61. The highest BCUT2D eigenvalue weighted by molar-refractivity contribution is 6.34. The minimum Gasteiger partial charge on any atom is -0.271 e. The molecule has 106 valence electrons. The van der Waals surface area contributed by atoms with Crippen molar-refractivity contribution in [3.8, 4) is 0 Å². The van der Waals surface area contributed by atoms with Gasteiger partial charge >= 0.3 is 0 Å². The van der Waals surface area contributed by atoms with Gasteiger partial charge in [-0.15, -0.1) is 0 Å². The first kappa shape index (κ1) is 14.3. The van der Waals surface area contributed by atoms with Gasteiger partial charge in [-0.05, 0) is 40.8 Å². The Kier molecular flexibility index (Phi) is 4.08.